The molecule has 1 rings (SSSR count). The Morgan fingerprint density at radius 3 is 1.17 bits per heavy atom. The number of phenols is 2. The largest absolute Gasteiger partial charge is 1.00 e. The second-order valence-electron chi connectivity index (χ2n) is 2.67. The van der Waals surface area contributed by atoms with Crippen molar-refractivity contribution in [3.8, 4) is 11.5 Å². The van der Waals surface area contributed by atoms with Crippen LogP contribution in [0.15, 0.2) is 21.9 Å². The topological polar surface area (TPSA) is 155 Å². The van der Waals surface area contributed by atoms with E-state index in [4.69, 9.17) is 10.2 Å². The summed E-state index contributed by atoms with van der Waals surface area (Å²) >= 11 is 0. The summed E-state index contributed by atoms with van der Waals surface area (Å²) in [6.07, 6.45) is 0. The average molecular weight is 346 g/mol. The van der Waals surface area contributed by atoms with Crippen molar-refractivity contribution in [1.82, 2.24) is 0 Å². The Kier molecular flexibility index (Phi) is 9.61. The fourth-order valence-electron chi connectivity index (χ4n) is 0.946. The second kappa shape index (κ2) is 7.79. The van der Waals surface area contributed by atoms with Crippen LogP contribution in [0.1, 0.15) is 0 Å². The van der Waals surface area contributed by atoms with E-state index in [1.54, 1.807) is 0 Å². The van der Waals surface area contributed by atoms with E-state index in [1.807, 2.05) is 0 Å². The first-order valence-electron chi connectivity index (χ1n) is 3.52. The van der Waals surface area contributed by atoms with E-state index in [9.17, 15) is 25.9 Å². The van der Waals surface area contributed by atoms with Gasteiger partial charge in [0.1, 0.15) is 30.0 Å². The van der Waals surface area contributed by atoms with Crippen molar-refractivity contribution in [3.63, 3.8) is 0 Å². The Labute approximate surface area is 188 Å². The van der Waals surface area contributed by atoms with Gasteiger partial charge in [-0.1, -0.05) is 0 Å². The molecule has 0 atom stereocenters. The molecule has 0 unspecified atom stereocenters. The predicted molar refractivity (Wildman–Crippen MR) is 45.7 cm³/mol. The van der Waals surface area contributed by atoms with Crippen LogP contribution in [0.3, 0.4) is 0 Å². The molecule has 0 saturated heterocycles. The Morgan fingerprint density at radius 2 is 1.00 bits per heavy atom. The molecule has 8 nitrogen and oxygen atoms in total. The molecule has 1 aromatic carbocycles. The molecule has 0 aliphatic rings. The number of phenolic OH excluding ortho intramolecular Hbond substituents is 2. The quantitative estimate of drug-likeness (QED) is 0.304. The Hall–Kier alpha value is 1.91. The first kappa shape index (κ1) is 22.2. The fraction of sp³-hybridized carbons (Fsp3) is 0. The van der Waals surface area contributed by atoms with E-state index in [0.29, 0.717) is 12.1 Å². The van der Waals surface area contributed by atoms with Gasteiger partial charge in [-0.15, -0.1) is 0 Å². The van der Waals surface area contributed by atoms with Gasteiger partial charge in [-0.3, -0.25) is 0 Å². The molecule has 0 aliphatic carbocycles. The summed E-state index contributed by atoms with van der Waals surface area (Å²) < 4.78 is 63.1. The van der Waals surface area contributed by atoms with Gasteiger partial charge in [0.2, 0.25) is 0 Å². The molecular formula is C6H4K2O8S2. The third-order valence-electron chi connectivity index (χ3n) is 1.62. The molecule has 0 aliphatic heterocycles. The van der Waals surface area contributed by atoms with E-state index < -0.39 is 41.5 Å². The smallest absolute Gasteiger partial charge is 0.744 e. The third-order valence-corrected chi connectivity index (χ3v) is 3.35. The molecule has 18 heavy (non-hydrogen) atoms. The van der Waals surface area contributed by atoms with Crippen molar-refractivity contribution in [1.29, 1.82) is 0 Å². The van der Waals surface area contributed by atoms with Crippen LogP contribution in [0, 0.1) is 0 Å². The summed E-state index contributed by atoms with van der Waals surface area (Å²) in [5, 5.41) is 18.1. The molecule has 1 aromatic rings. The van der Waals surface area contributed by atoms with Gasteiger partial charge in [0.05, 0.1) is 0 Å². The Balaban J connectivity index is 0. The molecule has 0 bridgehead atoms. The van der Waals surface area contributed by atoms with Crippen molar-refractivity contribution in [2.75, 3.05) is 0 Å². The minimum atomic E-state index is -5.08. The minimum Gasteiger partial charge on any atom is -0.744 e. The zero-order valence-electron chi connectivity index (χ0n) is 9.32. The van der Waals surface area contributed by atoms with E-state index in [2.05, 4.69) is 0 Å². The Bertz CT molecular complexity index is 579. The summed E-state index contributed by atoms with van der Waals surface area (Å²) in [4.78, 5) is -2.42. The number of hydrogen-bond donors (Lipinski definition) is 2. The van der Waals surface area contributed by atoms with Gasteiger partial charge in [-0.05, 0) is 12.1 Å². The second-order valence-corrected chi connectivity index (χ2v) is 5.36. The summed E-state index contributed by atoms with van der Waals surface area (Å²) in [6, 6.07) is 0.838. The molecule has 0 spiro atoms. The maximum Gasteiger partial charge on any atom is 1.00 e. The SMILES string of the molecule is O=S(=O)([O-])c1ccc(S(=O)(=O)[O-])c(O)c1O.[K+].[K+]. The standard InChI is InChI=1S/C6H6O8S2.2K/c7-5-3(15(9,10)11)1-2-4(6(5)8)16(12,13)14;;/h1-2,7-8H,(H,9,10,11)(H,12,13,14);;/q;2*+1/p-2. The van der Waals surface area contributed by atoms with Crippen molar-refractivity contribution in [3.05, 3.63) is 12.1 Å². The van der Waals surface area contributed by atoms with E-state index in [0.717, 1.165) is 0 Å². The first-order chi connectivity index (χ1) is 7.05. The van der Waals surface area contributed by atoms with Crippen LogP contribution in [0.2, 0.25) is 0 Å². The number of benzene rings is 1. The van der Waals surface area contributed by atoms with Crippen molar-refractivity contribution in [2.45, 2.75) is 9.79 Å². The summed E-state index contributed by atoms with van der Waals surface area (Å²) in [6.45, 7) is 0. The van der Waals surface area contributed by atoms with Crippen LogP contribution in [-0.2, 0) is 20.2 Å². The maximum atomic E-state index is 10.5. The molecule has 0 fully saturated rings. The van der Waals surface area contributed by atoms with Gasteiger partial charge < -0.3 is 19.3 Å². The van der Waals surface area contributed by atoms with Gasteiger partial charge in [-0.2, -0.15) is 0 Å². The summed E-state index contributed by atoms with van der Waals surface area (Å²) in [5.41, 5.74) is 0. The van der Waals surface area contributed by atoms with Crippen LogP contribution in [0.5, 0.6) is 11.5 Å². The number of hydrogen-bond acceptors (Lipinski definition) is 8. The summed E-state index contributed by atoms with van der Waals surface area (Å²) in [5.74, 6) is -2.93. The molecular weight excluding hydrogens is 342 g/mol. The Morgan fingerprint density at radius 1 is 0.778 bits per heavy atom. The first-order valence-corrected chi connectivity index (χ1v) is 6.33. The molecule has 0 saturated carbocycles. The van der Waals surface area contributed by atoms with Crippen LogP contribution in [-0.4, -0.2) is 36.2 Å². The zero-order valence-corrected chi connectivity index (χ0v) is 17.2. The van der Waals surface area contributed by atoms with Gasteiger partial charge in [0.25, 0.3) is 0 Å². The molecule has 90 valence electrons. The molecule has 0 amide bonds. The molecule has 0 heterocycles. The number of rotatable bonds is 2. The molecule has 2 N–H and O–H groups in total. The van der Waals surface area contributed by atoms with Gasteiger partial charge >= 0.3 is 103 Å². The van der Waals surface area contributed by atoms with Crippen molar-refractivity contribution >= 4 is 20.2 Å². The maximum absolute atomic E-state index is 10.5. The fourth-order valence-corrected chi connectivity index (χ4v) is 2.08. The zero-order chi connectivity index (χ0) is 12.7. The normalized spacial score (nSPS) is 11.2. The average Bonchev–Trinajstić information content (AvgIpc) is 2.05. The van der Waals surface area contributed by atoms with Crippen LogP contribution in [0.25, 0.3) is 0 Å². The van der Waals surface area contributed by atoms with Gasteiger partial charge in [0, 0.05) is 0 Å². The van der Waals surface area contributed by atoms with Gasteiger partial charge in [-0.25, -0.2) is 16.8 Å². The molecule has 12 heteroatoms. The van der Waals surface area contributed by atoms with E-state index in [-0.39, 0.29) is 103 Å². The van der Waals surface area contributed by atoms with Crippen LogP contribution < -0.4 is 103 Å². The van der Waals surface area contributed by atoms with Crippen molar-refractivity contribution < 1.29 is 139 Å². The molecule has 0 aromatic heterocycles. The molecule has 0 radical (unpaired) electrons. The van der Waals surface area contributed by atoms with Crippen molar-refractivity contribution in [2.24, 2.45) is 0 Å². The summed E-state index contributed by atoms with van der Waals surface area (Å²) in [7, 11) is -10.2. The number of aromatic hydroxyl groups is 2. The van der Waals surface area contributed by atoms with E-state index >= 15 is 0 Å². The predicted octanol–water partition coefficient (Wildman–Crippen LogP) is -7.09. The minimum absolute atomic E-state index is 0. The monoisotopic (exact) mass is 346 g/mol. The van der Waals surface area contributed by atoms with Crippen LogP contribution >= 0.6 is 0 Å². The third kappa shape index (κ3) is 5.36. The van der Waals surface area contributed by atoms with E-state index in [1.165, 1.54) is 0 Å². The van der Waals surface area contributed by atoms with Crippen LogP contribution in [0.4, 0.5) is 0 Å². The van der Waals surface area contributed by atoms with Gasteiger partial charge in [0.15, 0.2) is 11.5 Å².